The minimum absolute atomic E-state index is 0.163. The Morgan fingerprint density at radius 3 is 2.83 bits per heavy atom. The molecule has 0 unspecified atom stereocenters. The van der Waals surface area contributed by atoms with E-state index in [9.17, 15) is 4.79 Å². The molecule has 0 aliphatic carbocycles. The fraction of sp³-hybridized carbons (Fsp3) is 0.444. The van der Waals surface area contributed by atoms with E-state index in [-0.39, 0.29) is 6.54 Å². The molecule has 4 rings (SSSR count). The Balaban J connectivity index is 1.58. The van der Waals surface area contributed by atoms with Crippen LogP contribution in [0.5, 0.6) is 0 Å². The highest BCUT2D eigenvalue weighted by atomic mass is 16.4. The van der Waals surface area contributed by atoms with Gasteiger partial charge in [-0.3, -0.25) is 14.7 Å². The van der Waals surface area contributed by atoms with Crippen LogP contribution in [-0.4, -0.2) is 53.2 Å². The highest BCUT2D eigenvalue weighted by molar-refractivity contribution is 5.97. The summed E-state index contributed by atoms with van der Waals surface area (Å²) in [6.07, 6.45) is 7.05. The molecule has 0 radical (unpaired) electrons. The normalized spacial score (nSPS) is 19.2. The van der Waals surface area contributed by atoms with Crippen LogP contribution < -0.4 is 4.90 Å². The van der Waals surface area contributed by atoms with E-state index >= 15 is 0 Å². The molecular weight excluding hydrogens is 290 g/mol. The van der Waals surface area contributed by atoms with E-state index in [1.54, 1.807) is 0 Å². The number of aliphatic carboxylic acids is 1. The minimum atomic E-state index is -0.729. The van der Waals surface area contributed by atoms with E-state index in [1.807, 2.05) is 17.3 Å². The largest absolute Gasteiger partial charge is 0.480 e. The van der Waals surface area contributed by atoms with Gasteiger partial charge in [0, 0.05) is 54.5 Å². The molecule has 1 N–H and O–H groups in total. The van der Waals surface area contributed by atoms with Gasteiger partial charge in [-0.1, -0.05) is 12.1 Å². The van der Waals surface area contributed by atoms with Crippen LogP contribution in [0.2, 0.25) is 0 Å². The average Bonchev–Trinajstić information content (AvgIpc) is 2.56. The Kier molecular flexibility index (Phi) is 3.65. The molecule has 2 aliphatic heterocycles. The van der Waals surface area contributed by atoms with Gasteiger partial charge in [-0.15, -0.1) is 0 Å². The van der Waals surface area contributed by atoms with Crippen LogP contribution in [0.3, 0.4) is 0 Å². The van der Waals surface area contributed by atoms with E-state index in [4.69, 9.17) is 5.11 Å². The summed E-state index contributed by atoms with van der Waals surface area (Å²) < 4.78 is 0. The molecule has 0 bridgehead atoms. The highest BCUT2D eigenvalue weighted by Gasteiger charge is 2.28. The predicted molar refractivity (Wildman–Crippen MR) is 89.9 cm³/mol. The first kappa shape index (κ1) is 14.5. The summed E-state index contributed by atoms with van der Waals surface area (Å²) in [5.41, 5.74) is 2.67. The molecule has 0 atom stereocenters. The number of benzene rings is 1. The van der Waals surface area contributed by atoms with Gasteiger partial charge in [-0.05, 0) is 30.9 Å². The summed E-state index contributed by atoms with van der Waals surface area (Å²) >= 11 is 0. The Labute approximate surface area is 135 Å². The number of pyridine rings is 1. The van der Waals surface area contributed by atoms with E-state index in [2.05, 4.69) is 28.1 Å². The monoisotopic (exact) mass is 311 g/mol. The number of piperidine rings is 1. The second kappa shape index (κ2) is 5.81. The summed E-state index contributed by atoms with van der Waals surface area (Å²) in [6.45, 7) is 2.93. The molecule has 2 aliphatic rings. The van der Waals surface area contributed by atoms with Gasteiger partial charge in [0.1, 0.15) is 0 Å². The minimum Gasteiger partial charge on any atom is -0.480 e. The number of likely N-dealkylation sites (tertiary alicyclic amines) is 1. The first-order chi connectivity index (χ1) is 11.2. The zero-order valence-electron chi connectivity index (χ0n) is 13.1. The first-order valence-corrected chi connectivity index (χ1v) is 8.29. The molecule has 23 heavy (non-hydrogen) atoms. The molecule has 1 aromatic carbocycles. The number of hydrogen-bond donors (Lipinski definition) is 1. The fourth-order valence-electron chi connectivity index (χ4n) is 4.04. The van der Waals surface area contributed by atoms with Crippen molar-refractivity contribution < 1.29 is 9.90 Å². The van der Waals surface area contributed by atoms with E-state index in [0.717, 1.165) is 38.9 Å². The van der Waals surface area contributed by atoms with Crippen LogP contribution in [0.4, 0.5) is 5.69 Å². The summed E-state index contributed by atoms with van der Waals surface area (Å²) in [6, 6.07) is 6.97. The lowest BCUT2D eigenvalue weighted by molar-refractivity contribution is -0.138. The molecule has 0 amide bonds. The summed E-state index contributed by atoms with van der Waals surface area (Å²) in [5.74, 6) is -0.729. The maximum Gasteiger partial charge on any atom is 0.317 e. The molecule has 120 valence electrons. The molecule has 1 saturated heterocycles. The van der Waals surface area contributed by atoms with Gasteiger partial charge in [-0.25, -0.2) is 0 Å². The molecule has 0 spiro atoms. The van der Waals surface area contributed by atoms with Gasteiger partial charge >= 0.3 is 5.97 Å². The fourth-order valence-corrected chi connectivity index (χ4v) is 4.04. The van der Waals surface area contributed by atoms with Crippen LogP contribution in [0.25, 0.3) is 10.8 Å². The van der Waals surface area contributed by atoms with Crippen LogP contribution in [0.1, 0.15) is 18.4 Å². The number of carboxylic acid groups (broad SMARTS) is 1. The van der Waals surface area contributed by atoms with Crippen LogP contribution in [0, 0.1) is 0 Å². The first-order valence-electron chi connectivity index (χ1n) is 8.29. The van der Waals surface area contributed by atoms with Crippen molar-refractivity contribution in [2.24, 2.45) is 0 Å². The van der Waals surface area contributed by atoms with Crippen molar-refractivity contribution in [1.29, 1.82) is 0 Å². The molecule has 5 heteroatoms. The van der Waals surface area contributed by atoms with Gasteiger partial charge in [0.2, 0.25) is 0 Å². The lowest BCUT2D eigenvalue weighted by atomic mass is 9.94. The average molecular weight is 311 g/mol. The molecular formula is C18H21N3O2. The van der Waals surface area contributed by atoms with E-state index < -0.39 is 5.97 Å². The number of anilines is 1. The second-order valence-corrected chi connectivity index (χ2v) is 6.52. The third kappa shape index (κ3) is 2.65. The lowest BCUT2D eigenvalue weighted by Gasteiger charge is -2.41. The molecule has 1 aromatic heterocycles. The second-order valence-electron chi connectivity index (χ2n) is 6.52. The van der Waals surface area contributed by atoms with Crippen LogP contribution in [-0.2, 0) is 11.2 Å². The van der Waals surface area contributed by atoms with Crippen molar-refractivity contribution in [1.82, 2.24) is 9.88 Å². The van der Waals surface area contributed by atoms with Crippen molar-refractivity contribution in [3.05, 3.63) is 36.2 Å². The number of carboxylic acids is 1. The van der Waals surface area contributed by atoms with Gasteiger partial charge in [0.15, 0.2) is 0 Å². The summed E-state index contributed by atoms with van der Waals surface area (Å²) in [4.78, 5) is 19.8. The van der Waals surface area contributed by atoms with Crippen LogP contribution >= 0.6 is 0 Å². The van der Waals surface area contributed by atoms with Crippen molar-refractivity contribution in [2.75, 3.05) is 31.1 Å². The molecule has 2 aromatic rings. The molecule has 5 nitrogen and oxygen atoms in total. The Morgan fingerprint density at radius 1 is 1.22 bits per heavy atom. The number of aromatic nitrogens is 1. The predicted octanol–water partition coefficient (Wildman–Crippen LogP) is 2.15. The van der Waals surface area contributed by atoms with Crippen molar-refractivity contribution in [3.63, 3.8) is 0 Å². The number of hydrogen-bond acceptors (Lipinski definition) is 4. The SMILES string of the molecule is O=C(O)CN1CCC(N2CCc3cncc4cccc2c34)CC1. The molecule has 1 fully saturated rings. The standard InChI is InChI=1S/C18H21N3O2/c22-17(23)12-20-7-5-15(6-8-20)21-9-4-14-11-19-10-13-2-1-3-16(21)18(13)14/h1-3,10-11,15H,4-9,12H2,(H,22,23). The lowest BCUT2D eigenvalue weighted by Crippen LogP contribution is -2.47. The Hall–Kier alpha value is -2.14. The third-order valence-electron chi connectivity index (χ3n) is 5.13. The van der Waals surface area contributed by atoms with Gasteiger partial charge < -0.3 is 10.0 Å². The topological polar surface area (TPSA) is 56.7 Å². The molecule has 3 heterocycles. The van der Waals surface area contributed by atoms with Gasteiger partial charge in [0.05, 0.1) is 6.54 Å². The zero-order valence-corrected chi connectivity index (χ0v) is 13.1. The van der Waals surface area contributed by atoms with Gasteiger partial charge in [-0.2, -0.15) is 0 Å². The Bertz CT molecular complexity index is 733. The summed E-state index contributed by atoms with van der Waals surface area (Å²) in [7, 11) is 0. The number of rotatable bonds is 3. The summed E-state index contributed by atoms with van der Waals surface area (Å²) in [5, 5.41) is 11.5. The molecule has 0 saturated carbocycles. The van der Waals surface area contributed by atoms with Crippen molar-refractivity contribution in [3.8, 4) is 0 Å². The third-order valence-corrected chi connectivity index (χ3v) is 5.13. The van der Waals surface area contributed by atoms with Crippen molar-refractivity contribution in [2.45, 2.75) is 25.3 Å². The maximum atomic E-state index is 10.9. The smallest absolute Gasteiger partial charge is 0.317 e. The number of carbonyl (C=O) groups is 1. The van der Waals surface area contributed by atoms with Crippen molar-refractivity contribution >= 4 is 22.4 Å². The van der Waals surface area contributed by atoms with E-state index in [0.29, 0.717) is 6.04 Å². The quantitative estimate of drug-likeness (QED) is 0.941. The van der Waals surface area contributed by atoms with Gasteiger partial charge in [0.25, 0.3) is 0 Å². The zero-order chi connectivity index (χ0) is 15.8. The highest BCUT2D eigenvalue weighted by Crippen LogP contribution is 2.36. The van der Waals surface area contributed by atoms with Crippen LogP contribution in [0.15, 0.2) is 30.6 Å². The van der Waals surface area contributed by atoms with E-state index in [1.165, 1.54) is 22.0 Å². The Morgan fingerprint density at radius 2 is 2.04 bits per heavy atom. The maximum absolute atomic E-state index is 10.9. The number of nitrogens with zero attached hydrogens (tertiary/aromatic N) is 3.